The topological polar surface area (TPSA) is 89.8 Å². The first-order valence-corrected chi connectivity index (χ1v) is 9.72. The lowest BCUT2D eigenvalue weighted by Gasteiger charge is -2.19. The number of fused-ring (bicyclic) bond motifs is 3. The van der Waals surface area contributed by atoms with Crippen molar-refractivity contribution in [1.29, 1.82) is 0 Å². The molecule has 0 unspecified atom stereocenters. The summed E-state index contributed by atoms with van der Waals surface area (Å²) in [4.78, 5) is 23.5. The van der Waals surface area contributed by atoms with E-state index >= 15 is 0 Å². The molecule has 0 spiro atoms. The van der Waals surface area contributed by atoms with Crippen molar-refractivity contribution in [1.82, 2.24) is 10.6 Å². The molecule has 1 aliphatic carbocycles. The number of hydrogen-bond donors (Lipinski definition) is 2. The van der Waals surface area contributed by atoms with Gasteiger partial charge < -0.3 is 24.5 Å². The molecule has 1 aromatic carbocycles. The summed E-state index contributed by atoms with van der Waals surface area (Å²) in [5.74, 6) is 1.47. The Morgan fingerprint density at radius 3 is 2.64 bits per heavy atom. The van der Waals surface area contributed by atoms with Crippen LogP contribution in [-0.4, -0.2) is 37.3 Å². The lowest BCUT2D eigenvalue weighted by molar-refractivity contribution is -0.123. The van der Waals surface area contributed by atoms with E-state index in [4.69, 9.17) is 13.9 Å². The number of alkyl carbamates (subject to hydrolysis) is 1. The van der Waals surface area contributed by atoms with Gasteiger partial charge in [-0.1, -0.05) is 0 Å². The highest BCUT2D eigenvalue weighted by Crippen LogP contribution is 2.33. The Balaban J connectivity index is 1.43. The first kappa shape index (κ1) is 20.0. The molecule has 2 amide bonds. The van der Waals surface area contributed by atoms with Crippen LogP contribution in [0.15, 0.2) is 22.6 Å². The number of aryl methyl sites for hydroxylation is 2. The van der Waals surface area contributed by atoms with E-state index in [9.17, 15) is 9.59 Å². The average Bonchev–Trinajstić information content (AvgIpc) is 3.00. The minimum absolute atomic E-state index is 0.0853. The summed E-state index contributed by atoms with van der Waals surface area (Å²) in [6.07, 6.45) is 3.84. The maximum Gasteiger partial charge on any atom is 0.407 e. The molecule has 3 rings (SSSR count). The van der Waals surface area contributed by atoms with Crippen molar-refractivity contribution >= 4 is 23.0 Å². The quantitative estimate of drug-likeness (QED) is 0.741. The Kier molecular flexibility index (Phi) is 6.11. The number of amides is 2. The molecule has 152 valence electrons. The van der Waals surface area contributed by atoms with E-state index in [0.717, 1.165) is 29.6 Å². The van der Waals surface area contributed by atoms with Crippen molar-refractivity contribution in [2.45, 2.75) is 52.1 Å². The highest BCUT2D eigenvalue weighted by atomic mass is 16.6. The van der Waals surface area contributed by atoms with E-state index in [1.54, 1.807) is 20.8 Å². The summed E-state index contributed by atoms with van der Waals surface area (Å²) in [6.45, 7) is 5.88. The van der Waals surface area contributed by atoms with Gasteiger partial charge in [0.1, 0.15) is 22.7 Å². The van der Waals surface area contributed by atoms with Crippen LogP contribution in [0.3, 0.4) is 0 Å². The standard InChI is InChI=1S/C21H28N2O5/c1-21(2,3)28-20(25)23-11-10-22-19(24)13-26-14-8-9-18-16(12-14)15-6-4-5-7-17(15)27-18/h8-9,12H,4-7,10-11,13H2,1-3H3,(H,22,24)(H,23,25). The minimum Gasteiger partial charge on any atom is -0.484 e. The van der Waals surface area contributed by atoms with E-state index in [2.05, 4.69) is 10.6 Å². The fourth-order valence-corrected chi connectivity index (χ4v) is 3.21. The molecule has 1 aliphatic rings. The first-order chi connectivity index (χ1) is 13.3. The van der Waals surface area contributed by atoms with Crippen LogP contribution in [-0.2, 0) is 22.4 Å². The fourth-order valence-electron chi connectivity index (χ4n) is 3.21. The number of ether oxygens (including phenoxy) is 2. The predicted octanol–water partition coefficient (Wildman–Crippen LogP) is 3.33. The van der Waals surface area contributed by atoms with Crippen LogP contribution in [0.1, 0.15) is 44.9 Å². The molecule has 7 nitrogen and oxygen atoms in total. The maximum absolute atomic E-state index is 11.9. The number of furan rings is 1. The second-order valence-corrected chi connectivity index (χ2v) is 7.94. The molecule has 2 N–H and O–H groups in total. The highest BCUT2D eigenvalue weighted by Gasteiger charge is 2.18. The third-order valence-electron chi connectivity index (χ3n) is 4.41. The largest absolute Gasteiger partial charge is 0.484 e. The van der Waals surface area contributed by atoms with Crippen LogP contribution in [0.2, 0.25) is 0 Å². The van der Waals surface area contributed by atoms with E-state index in [-0.39, 0.29) is 19.1 Å². The SMILES string of the molecule is CC(C)(C)OC(=O)NCCNC(=O)COc1ccc2oc3c(c2c1)CCCC3. The van der Waals surface area contributed by atoms with Crippen LogP contribution in [0.4, 0.5) is 4.79 Å². The molecule has 0 radical (unpaired) electrons. The Morgan fingerprint density at radius 2 is 1.86 bits per heavy atom. The molecule has 1 heterocycles. The van der Waals surface area contributed by atoms with Crippen LogP contribution < -0.4 is 15.4 Å². The van der Waals surface area contributed by atoms with Gasteiger partial charge in [0.15, 0.2) is 6.61 Å². The predicted molar refractivity (Wildman–Crippen MR) is 106 cm³/mol. The number of benzene rings is 1. The number of nitrogens with one attached hydrogen (secondary N) is 2. The number of rotatable bonds is 6. The van der Waals surface area contributed by atoms with Crippen molar-refractivity contribution in [3.05, 3.63) is 29.5 Å². The molecule has 0 atom stereocenters. The molecular formula is C21H28N2O5. The Morgan fingerprint density at radius 1 is 1.11 bits per heavy atom. The summed E-state index contributed by atoms with van der Waals surface area (Å²) < 4.78 is 16.6. The minimum atomic E-state index is -0.545. The van der Waals surface area contributed by atoms with Crippen LogP contribution in [0, 0.1) is 0 Å². The third-order valence-corrected chi connectivity index (χ3v) is 4.41. The van der Waals surface area contributed by atoms with Gasteiger partial charge in [0.2, 0.25) is 0 Å². The van der Waals surface area contributed by atoms with E-state index in [0.29, 0.717) is 12.3 Å². The van der Waals surface area contributed by atoms with Gasteiger partial charge in [-0.3, -0.25) is 4.79 Å². The summed E-state index contributed by atoms with van der Waals surface area (Å²) in [7, 11) is 0. The summed E-state index contributed by atoms with van der Waals surface area (Å²) in [5.41, 5.74) is 1.59. The summed E-state index contributed by atoms with van der Waals surface area (Å²) in [5, 5.41) is 6.37. The van der Waals surface area contributed by atoms with Crippen LogP contribution in [0.5, 0.6) is 5.75 Å². The van der Waals surface area contributed by atoms with Gasteiger partial charge in [-0.15, -0.1) is 0 Å². The third kappa shape index (κ3) is 5.41. The first-order valence-electron chi connectivity index (χ1n) is 9.72. The normalized spacial score (nSPS) is 13.7. The molecule has 1 aromatic heterocycles. The maximum atomic E-state index is 11.9. The van der Waals surface area contributed by atoms with Gasteiger partial charge in [-0.05, 0) is 58.2 Å². The second-order valence-electron chi connectivity index (χ2n) is 7.94. The Bertz CT molecular complexity index is 850. The molecule has 0 saturated heterocycles. The van der Waals surface area contributed by atoms with Gasteiger partial charge in [-0.25, -0.2) is 4.79 Å². The average molecular weight is 388 g/mol. The smallest absolute Gasteiger partial charge is 0.407 e. The highest BCUT2D eigenvalue weighted by molar-refractivity contribution is 5.84. The molecule has 0 bridgehead atoms. The van der Waals surface area contributed by atoms with Crippen molar-refractivity contribution in [3.8, 4) is 5.75 Å². The van der Waals surface area contributed by atoms with Gasteiger partial charge >= 0.3 is 6.09 Å². The molecular weight excluding hydrogens is 360 g/mol. The molecule has 2 aromatic rings. The Hall–Kier alpha value is -2.70. The lowest BCUT2D eigenvalue weighted by atomic mass is 9.96. The van der Waals surface area contributed by atoms with Crippen LogP contribution >= 0.6 is 0 Å². The molecule has 7 heteroatoms. The van der Waals surface area contributed by atoms with Gasteiger partial charge in [0, 0.05) is 30.5 Å². The van der Waals surface area contributed by atoms with Crippen molar-refractivity contribution in [3.63, 3.8) is 0 Å². The molecule has 0 aliphatic heterocycles. The summed E-state index contributed by atoms with van der Waals surface area (Å²) >= 11 is 0. The van der Waals surface area contributed by atoms with Gasteiger partial charge in [0.05, 0.1) is 0 Å². The zero-order valence-electron chi connectivity index (χ0n) is 16.7. The van der Waals surface area contributed by atoms with E-state index in [1.165, 1.54) is 18.4 Å². The van der Waals surface area contributed by atoms with E-state index < -0.39 is 11.7 Å². The number of hydrogen-bond acceptors (Lipinski definition) is 5. The van der Waals surface area contributed by atoms with Crippen molar-refractivity contribution in [2.75, 3.05) is 19.7 Å². The zero-order valence-corrected chi connectivity index (χ0v) is 16.7. The lowest BCUT2D eigenvalue weighted by Crippen LogP contribution is -2.39. The second kappa shape index (κ2) is 8.54. The van der Waals surface area contributed by atoms with Crippen LogP contribution in [0.25, 0.3) is 11.0 Å². The zero-order chi connectivity index (χ0) is 20.1. The van der Waals surface area contributed by atoms with Gasteiger partial charge in [0.25, 0.3) is 5.91 Å². The number of carbonyl (C=O) groups excluding carboxylic acids is 2. The molecule has 0 fully saturated rings. The monoisotopic (exact) mass is 388 g/mol. The van der Waals surface area contributed by atoms with Crippen molar-refractivity contribution < 1.29 is 23.5 Å². The van der Waals surface area contributed by atoms with Gasteiger partial charge in [-0.2, -0.15) is 0 Å². The number of carbonyl (C=O) groups is 2. The fraction of sp³-hybridized carbons (Fsp3) is 0.524. The summed E-state index contributed by atoms with van der Waals surface area (Å²) in [6, 6.07) is 5.65. The van der Waals surface area contributed by atoms with E-state index in [1.807, 2.05) is 18.2 Å². The van der Waals surface area contributed by atoms with Crippen molar-refractivity contribution in [2.24, 2.45) is 0 Å². The Labute approximate surface area is 164 Å². The molecule has 28 heavy (non-hydrogen) atoms. The molecule has 0 saturated carbocycles.